The molecule has 5 heteroatoms. The summed E-state index contributed by atoms with van der Waals surface area (Å²) in [7, 11) is 5.32. The van der Waals surface area contributed by atoms with Crippen molar-refractivity contribution in [2.75, 3.05) is 40.8 Å². The third kappa shape index (κ3) is 5.04. The molecule has 0 unspecified atom stereocenters. The van der Waals surface area contributed by atoms with Crippen LogP contribution in [-0.2, 0) is 4.74 Å². The summed E-state index contributed by atoms with van der Waals surface area (Å²) >= 11 is 0. The number of ether oxygens (including phenoxy) is 1. The predicted molar refractivity (Wildman–Crippen MR) is 56.4 cm³/mol. The minimum atomic E-state index is -0.386. The monoisotopic (exact) mass is 203 g/mol. The lowest BCUT2D eigenvalue weighted by atomic mass is 9.92. The maximum atomic E-state index is 10.9. The second-order valence-corrected chi connectivity index (χ2v) is 3.70. The Morgan fingerprint density at radius 1 is 1.21 bits per heavy atom. The van der Waals surface area contributed by atoms with Crippen LogP contribution in [0.3, 0.4) is 0 Å². The molecule has 0 radical (unpaired) electrons. The van der Waals surface area contributed by atoms with E-state index in [-0.39, 0.29) is 11.5 Å². The maximum Gasteiger partial charge on any atom is 0.406 e. The van der Waals surface area contributed by atoms with Gasteiger partial charge in [0.1, 0.15) is 6.61 Å². The van der Waals surface area contributed by atoms with Gasteiger partial charge >= 0.3 is 6.09 Å². The molecule has 0 aliphatic carbocycles. The third-order valence-electron chi connectivity index (χ3n) is 1.96. The first-order valence-electron chi connectivity index (χ1n) is 4.71. The topological polar surface area (TPSA) is 62.4 Å². The molecule has 1 amide bonds. The summed E-state index contributed by atoms with van der Waals surface area (Å²) in [6.07, 6.45) is -0.386. The molecule has 0 saturated carbocycles. The molecule has 0 aromatic rings. The number of carbonyl (C=O) groups excluding carboxylic acids is 1. The number of hydrogen-bond acceptors (Lipinski definition) is 4. The van der Waals surface area contributed by atoms with Gasteiger partial charge in [-0.3, -0.25) is 0 Å². The first kappa shape index (κ1) is 13.2. The van der Waals surface area contributed by atoms with Gasteiger partial charge in [0.2, 0.25) is 0 Å². The van der Waals surface area contributed by atoms with Gasteiger partial charge in [-0.1, -0.05) is 6.92 Å². The molecular weight excluding hydrogens is 182 g/mol. The van der Waals surface area contributed by atoms with Crippen LogP contribution in [0.15, 0.2) is 0 Å². The van der Waals surface area contributed by atoms with Crippen LogP contribution in [0, 0.1) is 5.41 Å². The lowest BCUT2D eigenvalue weighted by molar-refractivity contribution is 0.0924. The van der Waals surface area contributed by atoms with E-state index in [4.69, 9.17) is 4.74 Å². The molecular formula is C9H21N3O2. The van der Waals surface area contributed by atoms with Crippen molar-refractivity contribution in [3.8, 4) is 0 Å². The molecule has 0 aliphatic rings. The fraction of sp³-hybridized carbons (Fsp3) is 0.889. The highest BCUT2D eigenvalue weighted by atomic mass is 16.5. The number of nitrogens with one attached hydrogen (secondary N) is 3. The van der Waals surface area contributed by atoms with Crippen LogP contribution in [0.1, 0.15) is 6.92 Å². The summed E-state index contributed by atoms with van der Waals surface area (Å²) < 4.78 is 5.03. The molecule has 0 aromatic carbocycles. The average Bonchev–Trinajstić information content (AvgIpc) is 2.15. The van der Waals surface area contributed by atoms with Crippen molar-refractivity contribution in [1.29, 1.82) is 0 Å². The van der Waals surface area contributed by atoms with Crippen molar-refractivity contribution >= 4 is 6.09 Å². The molecule has 0 fully saturated rings. The minimum Gasteiger partial charge on any atom is -0.449 e. The average molecular weight is 203 g/mol. The van der Waals surface area contributed by atoms with Crippen LogP contribution in [0.2, 0.25) is 0 Å². The molecule has 3 N–H and O–H groups in total. The number of amides is 1. The van der Waals surface area contributed by atoms with Crippen molar-refractivity contribution < 1.29 is 9.53 Å². The summed E-state index contributed by atoms with van der Waals surface area (Å²) in [5, 5.41) is 8.59. The van der Waals surface area contributed by atoms with Crippen LogP contribution >= 0.6 is 0 Å². The normalized spacial score (nSPS) is 11.1. The van der Waals surface area contributed by atoms with E-state index in [1.807, 2.05) is 14.1 Å². The van der Waals surface area contributed by atoms with Crippen molar-refractivity contribution in [3.63, 3.8) is 0 Å². The number of alkyl carbamates (subject to hydrolysis) is 1. The Morgan fingerprint density at radius 2 is 1.71 bits per heavy atom. The van der Waals surface area contributed by atoms with Gasteiger partial charge in [-0.2, -0.15) is 0 Å². The Morgan fingerprint density at radius 3 is 2.07 bits per heavy atom. The number of rotatable bonds is 6. The number of hydrogen-bond donors (Lipinski definition) is 3. The second kappa shape index (κ2) is 6.62. The Labute approximate surface area is 85.6 Å². The van der Waals surface area contributed by atoms with E-state index in [0.29, 0.717) is 6.61 Å². The highest BCUT2D eigenvalue weighted by molar-refractivity contribution is 5.66. The van der Waals surface area contributed by atoms with E-state index < -0.39 is 0 Å². The summed E-state index contributed by atoms with van der Waals surface area (Å²) in [4.78, 5) is 10.9. The first-order chi connectivity index (χ1) is 6.58. The van der Waals surface area contributed by atoms with Crippen LogP contribution in [0.25, 0.3) is 0 Å². The van der Waals surface area contributed by atoms with Gasteiger partial charge in [0.25, 0.3) is 0 Å². The van der Waals surface area contributed by atoms with E-state index in [1.165, 1.54) is 0 Å². The van der Waals surface area contributed by atoms with E-state index in [2.05, 4.69) is 22.9 Å². The van der Waals surface area contributed by atoms with E-state index in [1.54, 1.807) is 7.05 Å². The molecule has 0 aliphatic heterocycles. The highest BCUT2D eigenvalue weighted by Gasteiger charge is 2.24. The van der Waals surface area contributed by atoms with Crippen LogP contribution in [-0.4, -0.2) is 46.9 Å². The van der Waals surface area contributed by atoms with Gasteiger partial charge in [-0.05, 0) is 14.1 Å². The van der Waals surface area contributed by atoms with Crippen molar-refractivity contribution in [3.05, 3.63) is 0 Å². The lowest BCUT2D eigenvalue weighted by Crippen LogP contribution is -2.42. The van der Waals surface area contributed by atoms with Crippen LogP contribution < -0.4 is 16.0 Å². The van der Waals surface area contributed by atoms with Crippen molar-refractivity contribution in [1.82, 2.24) is 16.0 Å². The predicted octanol–water partition coefficient (Wildman–Crippen LogP) is -0.212. The summed E-state index contributed by atoms with van der Waals surface area (Å²) in [6, 6.07) is 0. The van der Waals surface area contributed by atoms with Crippen LogP contribution in [0.4, 0.5) is 4.79 Å². The van der Waals surface area contributed by atoms with E-state index in [9.17, 15) is 4.79 Å². The summed E-state index contributed by atoms with van der Waals surface area (Å²) in [5.74, 6) is 0. The Kier molecular flexibility index (Phi) is 6.23. The van der Waals surface area contributed by atoms with E-state index >= 15 is 0 Å². The van der Waals surface area contributed by atoms with Crippen LogP contribution in [0.5, 0.6) is 0 Å². The van der Waals surface area contributed by atoms with Gasteiger partial charge in [0.15, 0.2) is 0 Å². The zero-order chi connectivity index (χ0) is 11.0. The molecule has 5 nitrogen and oxygen atoms in total. The molecule has 0 aromatic heterocycles. The minimum absolute atomic E-state index is 0.0734. The standard InChI is InChI=1S/C9H21N3O2/c1-9(5-10-2,6-11-3)7-14-8(13)12-4/h10-11H,5-7H2,1-4H3,(H,12,13). The SMILES string of the molecule is CNCC(C)(CNC)COC(=O)NC. The Balaban J connectivity index is 4.01. The van der Waals surface area contributed by atoms with Gasteiger partial charge in [0.05, 0.1) is 0 Å². The number of carbonyl (C=O) groups is 1. The van der Waals surface area contributed by atoms with Gasteiger partial charge in [-0.25, -0.2) is 4.79 Å². The summed E-state index contributed by atoms with van der Waals surface area (Å²) in [5.41, 5.74) is -0.0734. The lowest BCUT2D eigenvalue weighted by Gasteiger charge is -2.28. The van der Waals surface area contributed by atoms with Gasteiger partial charge < -0.3 is 20.7 Å². The Hall–Kier alpha value is -0.810. The second-order valence-electron chi connectivity index (χ2n) is 3.70. The third-order valence-corrected chi connectivity index (χ3v) is 1.96. The largest absolute Gasteiger partial charge is 0.449 e. The molecule has 0 rings (SSSR count). The van der Waals surface area contributed by atoms with Crippen molar-refractivity contribution in [2.24, 2.45) is 5.41 Å². The van der Waals surface area contributed by atoms with Crippen molar-refractivity contribution in [2.45, 2.75) is 6.92 Å². The van der Waals surface area contributed by atoms with Gasteiger partial charge in [-0.15, -0.1) is 0 Å². The molecule has 0 saturated heterocycles. The van der Waals surface area contributed by atoms with E-state index in [0.717, 1.165) is 13.1 Å². The molecule has 0 heterocycles. The Bertz CT molecular complexity index is 167. The maximum absolute atomic E-state index is 10.9. The van der Waals surface area contributed by atoms with Gasteiger partial charge in [0, 0.05) is 25.6 Å². The molecule has 84 valence electrons. The highest BCUT2D eigenvalue weighted by Crippen LogP contribution is 2.14. The fourth-order valence-electron chi connectivity index (χ4n) is 1.33. The molecule has 0 bridgehead atoms. The molecule has 0 spiro atoms. The smallest absolute Gasteiger partial charge is 0.406 e. The quantitative estimate of drug-likeness (QED) is 0.559. The molecule has 14 heavy (non-hydrogen) atoms. The molecule has 0 atom stereocenters. The fourth-order valence-corrected chi connectivity index (χ4v) is 1.33. The summed E-state index contributed by atoms with van der Waals surface area (Å²) in [6.45, 7) is 4.05. The zero-order valence-electron chi connectivity index (χ0n) is 9.44. The zero-order valence-corrected chi connectivity index (χ0v) is 9.44. The first-order valence-corrected chi connectivity index (χ1v) is 4.71.